The van der Waals surface area contributed by atoms with Crippen LogP contribution >= 0.6 is 0 Å². The van der Waals surface area contributed by atoms with E-state index in [0.29, 0.717) is 12.2 Å². The lowest BCUT2D eigenvalue weighted by Gasteiger charge is -2.02. The Morgan fingerprint density at radius 3 is 2.29 bits per heavy atom. The molecule has 0 atom stereocenters. The van der Waals surface area contributed by atoms with E-state index in [1.54, 1.807) is 12.3 Å². The van der Waals surface area contributed by atoms with Crippen LogP contribution < -0.4 is 5.32 Å². The molecule has 0 unspecified atom stereocenters. The fraction of sp³-hybridized carbons (Fsp3) is 0.636. The van der Waals surface area contributed by atoms with E-state index in [4.69, 9.17) is 0 Å². The maximum absolute atomic E-state index is 11.1. The van der Waals surface area contributed by atoms with Gasteiger partial charge in [0.05, 0.1) is 0 Å². The first-order chi connectivity index (χ1) is 6.74. The monoisotopic (exact) mass is 198 g/mol. The van der Waals surface area contributed by atoms with Gasteiger partial charge in [-0.15, -0.1) is 0 Å². The summed E-state index contributed by atoms with van der Waals surface area (Å²) in [6.07, 6.45) is 4.84. The van der Waals surface area contributed by atoms with Gasteiger partial charge in [0, 0.05) is 12.6 Å². The first-order valence-corrected chi connectivity index (χ1v) is 5.19. The minimum absolute atomic E-state index is 0.0243. The van der Waals surface area contributed by atoms with E-state index >= 15 is 0 Å². The van der Waals surface area contributed by atoms with Crippen molar-refractivity contribution in [3.8, 4) is 0 Å². The molecule has 0 spiro atoms. The SMILES string of the molecule is C/C=N\C(=C/C)NC(=O)CCC.CC. The number of nitrogens with zero attached hydrogens (tertiary/aromatic N) is 1. The second-order valence-electron chi connectivity index (χ2n) is 2.36. The molecule has 0 bridgehead atoms. The number of carbonyl (C=O) groups is 1. The molecular weight excluding hydrogens is 176 g/mol. The maximum atomic E-state index is 11.1. The molecule has 0 aliphatic rings. The predicted molar refractivity (Wildman–Crippen MR) is 62.3 cm³/mol. The predicted octanol–water partition coefficient (Wildman–Crippen LogP) is 2.88. The first kappa shape index (κ1) is 15.4. The van der Waals surface area contributed by atoms with Crippen molar-refractivity contribution in [2.75, 3.05) is 0 Å². The number of rotatable bonds is 4. The van der Waals surface area contributed by atoms with Crippen molar-refractivity contribution in [3.05, 3.63) is 11.9 Å². The molecule has 0 aromatic heterocycles. The Morgan fingerprint density at radius 1 is 1.36 bits per heavy atom. The minimum Gasteiger partial charge on any atom is -0.311 e. The van der Waals surface area contributed by atoms with E-state index in [1.165, 1.54) is 0 Å². The van der Waals surface area contributed by atoms with E-state index in [-0.39, 0.29) is 5.91 Å². The van der Waals surface area contributed by atoms with E-state index in [9.17, 15) is 4.79 Å². The van der Waals surface area contributed by atoms with Crippen LogP contribution in [0.25, 0.3) is 0 Å². The Labute approximate surface area is 87.3 Å². The van der Waals surface area contributed by atoms with Gasteiger partial charge in [0.2, 0.25) is 5.91 Å². The summed E-state index contributed by atoms with van der Waals surface area (Å²) in [7, 11) is 0. The molecule has 0 aromatic rings. The van der Waals surface area contributed by atoms with E-state index in [0.717, 1.165) is 6.42 Å². The second-order valence-corrected chi connectivity index (χ2v) is 2.36. The normalized spacial score (nSPS) is 10.8. The van der Waals surface area contributed by atoms with Gasteiger partial charge >= 0.3 is 0 Å². The number of amides is 1. The lowest BCUT2D eigenvalue weighted by atomic mass is 10.3. The summed E-state index contributed by atoms with van der Waals surface area (Å²) in [6, 6.07) is 0. The van der Waals surface area contributed by atoms with Crippen molar-refractivity contribution in [2.45, 2.75) is 47.5 Å². The zero-order valence-electron chi connectivity index (χ0n) is 9.92. The first-order valence-electron chi connectivity index (χ1n) is 5.19. The third-order valence-electron chi connectivity index (χ3n) is 1.29. The summed E-state index contributed by atoms with van der Waals surface area (Å²) in [5, 5.41) is 2.69. The second kappa shape index (κ2) is 11.9. The lowest BCUT2D eigenvalue weighted by molar-refractivity contribution is -0.120. The Morgan fingerprint density at radius 2 is 1.93 bits per heavy atom. The van der Waals surface area contributed by atoms with Gasteiger partial charge in [-0.25, -0.2) is 4.99 Å². The topological polar surface area (TPSA) is 41.5 Å². The third kappa shape index (κ3) is 8.97. The van der Waals surface area contributed by atoms with E-state index < -0.39 is 0 Å². The zero-order chi connectivity index (χ0) is 11.4. The molecule has 0 saturated carbocycles. The van der Waals surface area contributed by atoms with Gasteiger partial charge in [-0.05, 0) is 26.3 Å². The molecule has 1 amide bonds. The van der Waals surface area contributed by atoms with Gasteiger partial charge < -0.3 is 5.32 Å². The average molecular weight is 198 g/mol. The Balaban J connectivity index is 0. The number of aliphatic imine (C=N–C) groups is 1. The number of carbonyl (C=O) groups excluding carboxylic acids is 1. The molecule has 0 rings (SSSR count). The highest BCUT2D eigenvalue weighted by Crippen LogP contribution is 1.93. The summed E-state index contributed by atoms with van der Waals surface area (Å²) < 4.78 is 0. The Bertz CT molecular complexity index is 195. The largest absolute Gasteiger partial charge is 0.311 e. The molecule has 14 heavy (non-hydrogen) atoms. The van der Waals surface area contributed by atoms with Crippen LogP contribution in [0.4, 0.5) is 0 Å². The number of nitrogens with one attached hydrogen (secondary N) is 1. The van der Waals surface area contributed by atoms with Gasteiger partial charge in [0.25, 0.3) is 0 Å². The summed E-state index contributed by atoms with van der Waals surface area (Å²) in [5.74, 6) is 0.646. The molecule has 0 radical (unpaired) electrons. The van der Waals surface area contributed by atoms with Crippen molar-refractivity contribution >= 4 is 12.1 Å². The van der Waals surface area contributed by atoms with Crippen LogP contribution in [0.3, 0.4) is 0 Å². The molecule has 3 heteroatoms. The van der Waals surface area contributed by atoms with Gasteiger partial charge in [-0.3, -0.25) is 4.79 Å². The van der Waals surface area contributed by atoms with Gasteiger partial charge in [0.1, 0.15) is 5.82 Å². The molecule has 0 heterocycles. The van der Waals surface area contributed by atoms with Crippen LogP contribution in [0, 0.1) is 0 Å². The number of hydrogen-bond acceptors (Lipinski definition) is 2. The van der Waals surface area contributed by atoms with Crippen LogP contribution in [0.2, 0.25) is 0 Å². The van der Waals surface area contributed by atoms with E-state index in [2.05, 4.69) is 10.3 Å². The van der Waals surface area contributed by atoms with Gasteiger partial charge in [-0.2, -0.15) is 0 Å². The lowest BCUT2D eigenvalue weighted by Crippen LogP contribution is -2.21. The van der Waals surface area contributed by atoms with Crippen molar-refractivity contribution in [3.63, 3.8) is 0 Å². The van der Waals surface area contributed by atoms with Crippen molar-refractivity contribution in [1.29, 1.82) is 0 Å². The van der Waals surface area contributed by atoms with Crippen LogP contribution in [0.1, 0.15) is 47.5 Å². The molecule has 0 aromatic carbocycles. The van der Waals surface area contributed by atoms with Crippen LogP contribution in [0.5, 0.6) is 0 Å². The minimum atomic E-state index is 0.0243. The Hall–Kier alpha value is -1.12. The van der Waals surface area contributed by atoms with Crippen LogP contribution in [-0.4, -0.2) is 12.1 Å². The highest BCUT2D eigenvalue weighted by Gasteiger charge is 1.99. The molecule has 0 saturated heterocycles. The van der Waals surface area contributed by atoms with Crippen LogP contribution in [0.15, 0.2) is 16.9 Å². The third-order valence-corrected chi connectivity index (χ3v) is 1.29. The summed E-state index contributed by atoms with van der Waals surface area (Å²) in [4.78, 5) is 15.0. The van der Waals surface area contributed by atoms with Gasteiger partial charge in [0.15, 0.2) is 0 Å². The molecule has 3 nitrogen and oxygen atoms in total. The highest BCUT2D eigenvalue weighted by molar-refractivity contribution is 5.78. The van der Waals surface area contributed by atoms with Crippen LogP contribution in [-0.2, 0) is 4.79 Å². The zero-order valence-corrected chi connectivity index (χ0v) is 9.92. The fourth-order valence-electron chi connectivity index (χ4n) is 0.750. The number of allylic oxidation sites excluding steroid dienone is 1. The molecular formula is C11H22N2O. The van der Waals surface area contributed by atoms with Crippen molar-refractivity contribution in [2.24, 2.45) is 4.99 Å². The molecule has 82 valence electrons. The summed E-state index contributed by atoms with van der Waals surface area (Å²) in [6.45, 7) is 9.63. The quantitative estimate of drug-likeness (QED) is 0.693. The molecule has 0 fully saturated rings. The molecule has 0 aliphatic heterocycles. The smallest absolute Gasteiger partial charge is 0.225 e. The number of hydrogen-bond donors (Lipinski definition) is 1. The fourth-order valence-corrected chi connectivity index (χ4v) is 0.750. The summed E-state index contributed by atoms with van der Waals surface area (Å²) >= 11 is 0. The van der Waals surface area contributed by atoms with Crippen molar-refractivity contribution < 1.29 is 4.79 Å². The molecule has 0 aliphatic carbocycles. The average Bonchev–Trinajstić information content (AvgIpc) is 2.20. The van der Waals surface area contributed by atoms with Gasteiger partial charge in [-0.1, -0.05) is 20.8 Å². The highest BCUT2D eigenvalue weighted by atomic mass is 16.1. The standard InChI is InChI=1S/C9H16N2O.C2H6/c1-4-7-9(12)11-8(5-2)10-6-3;1-2/h5-6H,4,7H2,1-3H3,(H,11,12);1-2H3/b8-5+,10-6-;. The van der Waals surface area contributed by atoms with E-state index in [1.807, 2.05) is 34.6 Å². The summed E-state index contributed by atoms with van der Waals surface area (Å²) in [5.41, 5.74) is 0. The maximum Gasteiger partial charge on any atom is 0.225 e. The van der Waals surface area contributed by atoms with Crippen molar-refractivity contribution in [1.82, 2.24) is 5.32 Å². The molecule has 1 N–H and O–H groups in total. The Kier molecular flexibility index (Phi) is 13.0.